The SMILES string of the molecule is COCC(Br)Cc1ncc(C)cn1. The summed E-state index contributed by atoms with van der Waals surface area (Å²) in [6, 6.07) is 0. The number of rotatable bonds is 4. The van der Waals surface area contributed by atoms with E-state index in [-0.39, 0.29) is 0 Å². The fraction of sp³-hybridized carbons (Fsp3) is 0.556. The molecule has 1 unspecified atom stereocenters. The number of hydrogen-bond acceptors (Lipinski definition) is 3. The second kappa shape index (κ2) is 5.29. The zero-order chi connectivity index (χ0) is 9.68. The van der Waals surface area contributed by atoms with E-state index in [0.717, 1.165) is 17.8 Å². The lowest BCUT2D eigenvalue weighted by atomic mass is 10.3. The largest absolute Gasteiger partial charge is 0.384 e. The van der Waals surface area contributed by atoms with Gasteiger partial charge in [-0.3, -0.25) is 0 Å². The Morgan fingerprint density at radius 2 is 2.08 bits per heavy atom. The van der Waals surface area contributed by atoms with Crippen LogP contribution in [-0.2, 0) is 11.2 Å². The fourth-order valence-corrected chi connectivity index (χ4v) is 1.52. The van der Waals surface area contributed by atoms with E-state index >= 15 is 0 Å². The summed E-state index contributed by atoms with van der Waals surface area (Å²) < 4.78 is 5.00. The molecule has 0 saturated carbocycles. The van der Waals surface area contributed by atoms with Crippen LogP contribution in [-0.4, -0.2) is 28.5 Å². The average Bonchev–Trinajstić information content (AvgIpc) is 2.09. The van der Waals surface area contributed by atoms with Crippen LogP contribution in [0, 0.1) is 6.92 Å². The van der Waals surface area contributed by atoms with Crippen LogP contribution in [0.4, 0.5) is 0 Å². The van der Waals surface area contributed by atoms with Crippen molar-refractivity contribution in [2.45, 2.75) is 18.2 Å². The lowest BCUT2D eigenvalue weighted by Crippen LogP contribution is -2.12. The van der Waals surface area contributed by atoms with Crippen molar-refractivity contribution in [2.24, 2.45) is 0 Å². The summed E-state index contributed by atoms with van der Waals surface area (Å²) in [6.45, 7) is 2.65. The maximum absolute atomic E-state index is 5.00. The second-order valence-electron chi connectivity index (χ2n) is 2.93. The van der Waals surface area contributed by atoms with Gasteiger partial charge in [0.2, 0.25) is 0 Å². The predicted octanol–water partition coefficient (Wildman–Crippen LogP) is 1.74. The van der Waals surface area contributed by atoms with Crippen molar-refractivity contribution in [3.63, 3.8) is 0 Å². The molecule has 72 valence electrons. The molecule has 1 rings (SSSR count). The van der Waals surface area contributed by atoms with Gasteiger partial charge in [-0.15, -0.1) is 0 Å². The van der Waals surface area contributed by atoms with Crippen molar-refractivity contribution in [1.82, 2.24) is 9.97 Å². The van der Waals surface area contributed by atoms with Gasteiger partial charge in [0.1, 0.15) is 5.82 Å². The Morgan fingerprint density at radius 1 is 1.46 bits per heavy atom. The van der Waals surface area contributed by atoms with E-state index in [4.69, 9.17) is 4.74 Å². The summed E-state index contributed by atoms with van der Waals surface area (Å²) in [7, 11) is 1.68. The number of aryl methyl sites for hydroxylation is 1. The quantitative estimate of drug-likeness (QED) is 0.758. The molecule has 0 N–H and O–H groups in total. The van der Waals surface area contributed by atoms with Crippen LogP contribution in [0.5, 0.6) is 0 Å². The van der Waals surface area contributed by atoms with Gasteiger partial charge < -0.3 is 4.74 Å². The lowest BCUT2D eigenvalue weighted by molar-refractivity contribution is 0.200. The minimum absolute atomic E-state index is 0.292. The lowest BCUT2D eigenvalue weighted by Gasteiger charge is -2.06. The molecule has 0 aliphatic carbocycles. The number of aromatic nitrogens is 2. The smallest absolute Gasteiger partial charge is 0.129 e. The summed E-state index contributed by atoms with van der Waals surface area (Å²) >= 11 is 3.49. The highest BCUT2D eigenvalue weighted by Crippen LogP contribution is 2.06. The molecule has 0 aliphatic heterocycles. The van der Waals surface area contributed by atoms with E-state index in [0.29, 0.717) is 11.4 Å². The highest BCUT2D eigenvalue weighted by Gasteiger charge is 2.06. The highest BCUT2D eigenvalue weighted by atomic mass is 79.9. The van der Waals surface area contributed by atoms with Crippen LogP contribution in [0.2, 0.25) is 0 Å². The minimum Gasteiger partial charge on any atom is -0.384 e. The van der Waals surface area contributed by atoms with E-state index in [2.05, 4.69) is 25.9 Å². The van der Waals surface area contributed by atoms with Gasteiger partial charge in [0.05, 0.1) is 6.61 Å². The van der Waals surface area contributed by atoms with Gasteiger partial charge in [0, 0.05) is 30.8 Å². The summed E-state index contributed by atoms with van der Waals surface area (Å²) in [6.07, 6.45) is 4.46. The molecule has 1 aromatic heterocycles. The fourth-order valence-electron chi connectivity index (χ4n) is 0.963. The molecular formula is C9H13BrN2O. The third-order valence-electron chi connectivity index (χ3n) is 1.59. The number of ether oxygens (including phenoxy) is 1. The number of hydrogen-bond donors (Lipinski definition) is 0. The van der Waals surface area contributed by atoms with E-state index in [1.54, 1.807) is 7.11 Å². The van der Waals surface area contributed by atoms with Crippen molar-refractivity contribution in [3.05, 3.63) is 23.8 Å². The number of methoxy groups -OCH3 is 1. The van der Waals surface area contributed by atoms with Crippen LogP contribution in [0.1, 0.15) is 11.4 Å². The molecule has 0 aliphatic rings. The normalized spacial score (nSPS) is 12.8. The average molecular weight is 245 g/mol. The highest BCUT2D eigenvalue weighted by molar-refractivity contribution is 9.09. The van der Waals surface area contributed by atoms with Gasteiger partial charge in [-0.05, 0) is 12.5 Å². The van der Waals surface area contributed by atoms with E-state index in [1.165, 1.54) is 0 Å². The van der Waals surface area contributed by atoms with Crippen LogP contribution in [0.15, 0.2) is 12.4 Å². The molecule has 0 spiro atoms. The van der Waals surface area contributed by atoms with Gasteiger partial charge in [-0.25, -0.2) is 9.97 Å². The topological polar surface area (TPSA) is 35.0 Å². The van der Waals surface area contributed by atoms with E-state index in [1.807, 2.05) is 19.3 Å². The molecule has 3 nitrogen and oxygen atoms in total. The van der Waals surface area contributed by atoms with Crippen molar-refractivity contribution in [2.75, 3.05) is 13.7 Å². The van der Waals surface area contributed by atoms with E-state index < -0.39 is 0 Å². The molecule has 0 amide bonds. The standard InChI is InChI=1S/C9H13BrN2O/c1-7-4-11-9(12-5-7)3-8(10)6-13-2/h4-5,8H,3,6H2,1-2H3. The number of halogens is 1. The van der Waals surface area contributed by atoms with Crippen LogP contribution >= 0.6 is 15.9 Å². The Hall–Kier alpha value is -0.480. The van der Waals surface area contributed by atoms with Gasteiger partial charge in [0.15, 0.2) is 0 Å². The maximum atomic E-state index is 5.00. The first-order valence-corrected chi connectivity index (χ1v) is 5.04. The van der Waals surface area contributed by atoms with Crippen molar-refractivity contribution >= 4 is 15.9 Å². The summed E-state index contributed by atoms with van der Waals surface area (Å²) in [4.78, 5) is 8.70. The molecule has 1 heterocycles. The van der Waals surface area contributed by atoms with Crippen LogP contribution in [0.3, 0.4) is 0 Å². The Bertz CT molecular complexity index is 250. The minimum atomic E-state index is 0.292. The molecule has 0 aromatic carbocycles. The van der Waals surface area contributed by atoms with Gasteiger partial charge in [-0.2, -0.15) is 0 Å². The van der Waals surface area contributed by atoms with Crippen LogP contribution < -0.4 is 0 Å². The molecular weight excluding hydrogens is 232 g/mol. The number of nitrogens with zero attached hydrogens (tertiary/aromatic N) is 2. The Kier molecular flexibility index (Phi) is 4.32. The maximum Gasteiger partial charge on any atom is 0.129 e. The molecule has 0 radical (unpaired) electrons. The van der Waals surface area contributed by atoms with Crippen LogP contribution in [0.25, 0.3) is 0 Å². The Labute approximate surface area is 86.7 Å². The number of alkyl halides is 1. The second-order valence-corrected chi connectivity index (χ2v) is 4.23. The third-order valence-corrected chi connectivity index (χ3v) is 2.17. The first-order valence-electron chi connectivity index (χ1n) is 4.13. The van der Waals surface area contributed by atoms with E-state index in [9.17, 15) is 0 Å². The van der Waals surface area contributed by atoms with Crippen molar-refractivity contribution in [3.8, 4) is 0 Å². The van der Waals surface area contributed by atoms with Crippen molar-refractivity contribution < 1.29 is 4.74 Å². The monoisotopic (exact) mass is 244 g/mol. The molecule has 1 aromatic rings. The molecule has 13 heavy (non-hydrogen) atoms. The summed E-state index contributed by atoms with van der Waals surface area (Å²) in [5.74, 6) is 0.851. The molecule has 0 saturated heterocycles. The molecule has 0 fully saturated rings. The zero-order valence-electron chi connectivity index (χ0n) is 7.83. The third kappa shape index (κ3) is 3.83. The predicted molar refractivity (Wildman–Crippen MR) is 55.1 cm³/mol. The first-order chi connectivity index (χ1) is 6.22. The zero-order valence-corrected chi connectivity index (χ0v) is 9.41. The molecule has 4 heteroatoms. The van der Waals surface area contributed by atoms with Crippen molar-refractivity contribution in [1.29, 1.82) is 0 Å². The van der Waals surface area contributed by atoms with Gasteiger partial charge >= 0.3 is 0 Å². The Morgan fingerprint density at radius 3 is 2.62 bits per heavy atom. The summed E-state index contributed by atoms with van der Waals surface area (Å²) in [5.41, 5.74) is 1.08. The van der Waals surface area contributed by atoms with Gasteiger partial charge in [-0.1, -0.05) is 15.9 Å². The Balaban J connectivity index is 2.49. The summed E-state index contributed by atoms with van der Waals surface area (Å²) in [5, 5.41) is 0. The first kappa shape index (κ1) is 10.6. The molecule has 1 atom stereocenters. The molecule has 0 bridgehead atoms. The van der Waals surface area contributed by atoms with Gasteiger partial charge in [0.25, 0.3) is 0 Å².